The molecule has 2 aromatic heterocycles. The molecule has 1 N–H and O–H groups in total. The van der Waals surface area contributed by atoms with Crippen molar-refractivity contribution in [1.29, 1.82) is 0 Å². The number of fused-ring (bicyclic) bond motifs is 1. The van der Waals surface area contributed by atoms with Gasteiger partial charge in [0, 0.05) is 25.3 Å². The van der Waals surface area contributed by atoms with Crippen LogP contribution in [0.3, 0.4) is 0 Å². The van der Waals surface area contributed by atoms with E-state index < -0.39 is 5.54 Å². The van der Waals surface area contributed by atoms with Crippen LogP contribution >= 0.6 is 0 Å². The van der Waals surface area contributed by atoms with Crippen molar-refractivity contribution < 1.29 is 4.79 Å². The Hall–Kier alpha value is -4.71. The zero-order valence-electron chi connectivity index (χ0n) is 21.1. The van der Waals surface area contributed by atoms with Gasteiger partial charge in [-0.05, 0) is 35.3 Å². The van der Waals surface area contributed by atoms with Gasteiger partial charge in [-0.15, -0.1) is 0 Å². The summed E-state index contributed by atoms with van der Waals surface area (Å²) in [5.41, 5.74) is 4.36. The van der Waals surface area contributed by atoms with Crippen LogP contribution in [0, 0.1) is 0 Å². The summed E-state index contributed by atoms with van der Waals surface area (Å²) in [6.45, 7) is 4.94. The average molecular weight is 500 g/mol. The fourth-order valence-electron chi connectivity index (χ4n) is 5.62. The van der Waals surface area contributed by atoms with Crippen molar-refractivity contribution in [2.45, 2.75) is 18.0 Å². The van der Waals surface area contributed by atoms with Gasteiger partial charge >= 0.3 is 0 Å². The van der Waals surface area contributed by atoms with E-state index in [1.807, 2.05) is 24.3 Å². The first-order valence-electron chi connectivity index (χ1n) is 12.9. The first-order chi connectivity index (χ1) is 18.7. The summed E-state index contributed by atoms with van der Waals surface area (Å²) in [7, 11) is 0. The van der Waals surface area contributed by atoms with Crippen molar-refractivity contribution in [3.8, 4) is 0 Å². The van der Waals surface area contributed by atoms with Gasteiger partial charge in [0.15, 0.2) is 5.65 Å². The standard InChI is InChI=1S/C32H29N5O/c1-2-30(38)36-20-18-27(23-36)34-29-22-33-31-28(35-29)19-21-37(31)32(24-12-6-3-7-13-24,25-14-8-4-9-15-25)26-16-10-5-11-17-26/h2-17,19,21-22,27H,1,18,20,23H2,(H,34,35)/t27-/m1/s1. The van der Waals surface area contributed by atoms with Crippen LogP contribution in [0.5, 0.6) is 0 Å². The molecule has 3 heterocycles. The second-order valence-corrected chi connectivity index (χ2v) is 9.58. The van der Waals surface area contributed by atoms with Crippen molar-refractivity contribution in [3.63, 3.8) is 0 Å². The zero-order chi connectivity index (χ0) is 26.0. The van der Waals surface area contributed by atoms with Gasteiger partial charge < -0.3 is 14.8 Å². The van der Waals surface area contributed by atoms with E-state index in [0.29, 0.717) is 18.9 Å². The van der Waals surface area contributed by atoms with E-state index >= 15 is 0 Å². The molecule has 6 nitrogen and oxygen atoms in total. The lowest BCUT2D eigenvalue weighted by Gasteiger charge is -2.38. The number of carbonyl (C=O) groups excluding carboxylic acids is 1. The minimum absolute atomic E-state index is 0.0352. The molecule has 0 spiro atoms. The van der Waals surface area contributed by atoms with E-state index in [9.17, 15) is 4.79 Å². The predicted octanol–water partition coefficient (Wildman–Crippen LogP) is 5.47. The number of benzene rings is 3. The second-order valence-electron chi connectivity index (χ2n) is 9.58. The van der Waals surface area contributed by atoms with E-state index in [4.69, 9.17) is 9.97 Å². The van der Waals surface area contributed by atoms with E-state index in [1.54, 1.807) is 11.1 Å². The van der Waals surface area contributed by atoms with E-state index in [0.717, 1.165) is 34.3 Å². The van der Waals surface area contributed by atoms with Crippen molar-refractivity contribution in [1.82, 2.24) is 19.4 Å². The van der Waals surface area contributed by atoms with Gasteiger partial charge in [0.2, 0.25) is 5.91 Å². The predicted molar refractivity (Wildman–Crippen MR) is 151 cm³/mol. The van der Waals surface area contributed by atoms with Crippen molar-refractivity contribution in [2.75, 3.05) is 18.4 Å². The summed E-state index contributed by atoms with van der Waals surface area (Å²) >= 11 is 0. The molecule has 188 valence electrons. The lowest BCUT2D eigenvalue weighted by atomic mass is 9.76. The summed E-state index contributed by atoms with van der Waals surface area (Å²) in [6, 6.07) is 33.8. The van der Waals surface area contributed by atoms with E-state index in [2.05, 4.69) is 95.5 Å². The highest BCUT2D eigenvalue weighted by atomic mass is 16.2. The Labute approximate surface area is 222 Å². The number of amides is 1. The fraction of sp³-hybridized carbons (Fsp3) is 0.156. The Balaban J connectivity index is 1.47. The molecule has 1 aliphatic heterocycles. The molecule has 6 rings (SSSR count). The third-order valence-electron chi connectivity index (χ3n) is 7.35. The molecule has 1 amide bonds. The maximum Gasteiger partial charge on any atom is 0.246 e. The molecule has 1 fully saturated rings. The Bertz CT molecular complexity index is 1470. The Morgan fingerprint density at radius 2 is 1.47 bits per heavy atom. The molecule has 1 saturated heterocycles. The second kappa shape index (κ2) is 9.98. The molecule has 5 aromatic rings. The van der Waals surface area contributed by atoms with Crippen LogP contribution in [0.1, 0.15) is 23.1 Å². The van der Waals surface area contributed by atoms with Gasteiger partial charge in [0.1, 0.15) is 16.9 Å². The minimum atomic E-state index is -0.647. The fourth-order valence-corrected chi connectivity index (χ4v) is 5.62. The van der Waals surface area contributed by atoms with Crippen LogP contribution in [0.2, 0.25) is 0 Å². The maximum absolute atomic E-state index is 12.0. The topological polar surface area (TPSA) is 63.1 Å². The van der Waals surface area contributed by atoms with Gasteiger partial charge in [-0.1, -0.05) is 97.6 Å². The highest BCUT2D eigenvalue weighted by Gasteiger charge is 2.39. The summed E-state index contributed by atoms with van der Waals surface area (Å²) in [4.78, 5) is 23.7. The molecular weight excluding hydrogens is 470 g/mol. The van der Waals surface area contributed by atoms with Crippen molar-refractivity contribution in [3.05, 3.63) is 139 Å². The first kappa shape index (κ1) is 23.7. The lowest BCUT2D eigenvalue weighted by Crippen LogP contribution is -2.37. The monoisotopic (exact) mass is 499 g/mol. The molecule has 0 aliphatic carbocycles. The summed E-state index contributed by atoms with van der Waals surface area (Å²) in [5, 5.41) is 3.47. The van der Waals surface area contributed by atoms with E-state index in [-0.39, 0.29) is 11.9 Å². The lowest BCUT2D eigenvalue weighted by molar-refractivity contribution is -0.125. The Morgan fingerprint density at radius 1 is 0.895 bits per heavy atom. The van der Waals surface area contributed by atoms with E-state index in [1.165, 1.54) is 6.08 Å². The normalized spacial score (nSPS) is 15.5. The number of hydrogen-bond acceptors (Lipinski definition) is 4. The highest BCUT2D eigenvalue weighted by Crippen LogP contribution is 2.42. The van der Waals surface area contributed by atoms with Crippen LogP contribution in [-0.4, -0.2) is 44.5 Å². The van der Waals surface area contributed by atoms with Crippen LogP contribution in [-0.2, 0) is 10.3 Å². The number of nitrogens with one attached hydrogen (secondary N) is 1. The number of hydrogen-bond donors (Lipinski definition) is 1. The number of nitrogens with zero attached hydrogens (tertiary/aromatic N) is 4. The molecule has 6 heteroatoms. The summed E-state index contributed by atoms with van der Waals surface area (Å²) in [5.74, 6) is 0.671. The van der Waals surface area contributed by atoms with Crippen LogP contribution in [0.4, 0.5) is 5.82 Å². The smallest absolute Gasteiger partial charge is 0.246 e. The minimum Gasteiger partial charge on any atom is -0.364 e. The average Bonchev–Trinajstić information content (AvgIpc) is 3.62. The quantitative estimate of drug-likeness (QED) is 0.238. The first-order valence-corrected chi connectivity index (χ1v) is 12.9. The third kappa shape index (κ3) is 4.04. The number of likely N-dealkylation sites (tertiary alicyclic amines) is 1. The maximum atomic E-state index is 12.0. The van der Waals surface area contributed by atoms with Gasteiger partial charge in [-0.3, -0.25) is 4.79 Å². The van der Waals surface area contributed by atoms with Gasteiger partial charge in [-0.25, -0.2) is 9.97 Å². The molecule has 0 bridgehead atoms. The number of carbonyl (C=O) groups is 1. The number of aromatic nitrogens is 3. The molecule has 1 atom stereocenters. The summed E-state index contributed by atoms with van der Waals surface area (Å²) in [6.07, 6.45) is 6.11. The van der Waals surface area contributed by atoms with Gasteiger partial charge in [0.25, 0.3) is 0 Å². The third-order valence-corrected chi connectivity index (χ3v) is 7.35. The molecule has 38 heavy (non-hydrogen) atoms. The molecular formula is C32H29N5O. The molecule has 3 aromatic carbocycles. The van der Waals surface area contributed by atoms with Crippen LogP contribution in [0.25, 0.3) is 11.2 Å². The van der Waals surface area contributed by atoms with Gasteiger partial charge in [-0.2, -0.15) is 0 Å². The van der Waals surface area contributed by atoms with Gasteiger partial charge in [0.05, 0.1) is 6.20 Å². The molecule has 1 aliphatic rings. The SMILES string of the molecule is C=CC(=O)N1CC[C@@H](Nc2cnc3c(ccn3C(c3ccccc3)(c3ccccc3)c3ccccc3)n2)C1. The Morgan fingerprint density at radius 3 is 2.03 bits per heavy atom. The zero-order valence-corrected chi connectivity index (χ0v) is 21.1. The largest absolute Gasteiger partial charge is 0.364 e. The number of anilines is 1. The molecule has 0 saturated carbocycles. The number of rotatable bonds is 7. The molecule has 0 unspecified atom stereocenters. The summed E-state index contributed by atoms with van der Waals surface area (Å²) < 4.78 is 2.24. The van der Waals surface area contributed by atoms with Crippen LogP contribution < -0.4 is 5.32 Å². The highest BCUT2D eigenvalue weighted by molar-refractivity contribution is 5.87. The Kier molecular flexibility index (Phi) is 6.22. The van der Waals surface area contributed by atoms with Crippen LogP contribution in [0.15, 0.2) is 122 Å². The van der Waals surface area contributed by atoms with Crippen molar-refractivity contribution >= 4 is 22.9 Å². The van der Waals surface area contributed by atoms with Crippen molar-refractivity contribution in [2.24, 2.45) is 0 Å². The molecule has 0 radical (unpaired) electrons.